The molecule has 0 aliphatic heterocycles. The van der Waals surface area contributed by atoms with E-state index in [1.54, 1.807) is 24.3 Å². The van der Waals surface area contributed by atoms with Crippen LogP contribution in [0.2, 0.25) is 0 Å². The Hall–Kier alpha value is -1.27. The number of hydrogen-bond acceptors (Lipinski definition) is 3. The molecule has 0 radical (unpaired) electrons. The number of rotatable bonds is 3. The van der Waals surface area contributed by atoms with E-state index in [-0.39, 0.29) is 0 Å². The lowest BCUT2D eigenvalue weighted by atomic mass is 10.3. The number of anilines is 1. The van der Waals surface area contributed by atoms with Crippen molar-refractivity contribution in [2.75, 3.05) is 18.5 Å². The Morgan fingerprint density at radius 2 is 2.07 bits per heavy atom. The molecule has 0 saturated carbocycles. The van der Waals surface area contributed by atoms with Gasteiger partial charge in [0.05, 0.1) is 12.8 Å². The zero-order valence-electron chi connectivity index (χ0n) is 7.97. The van der Waals surface area contributed by atoms with Crippen LogP contribution in [0, 0.1) is 0 Å². The lowest BCUT2D eigenvalue weighted by molar-refractivity contribution is 0.415. The van der Waals surface area contributed by atoms with Gasteiger partial charge in [-0.15, -0.1) is 0 Å². The van der Waals surface area contributed by atoms with E-state index in [9.17, 15) is 8.42 Å². The van der Waals surface area contributed by atoms with E-state index in [4.69, 9.17) is 9.88 Å². The third-order valence-electron chi connectivity index (χ3n) is 1.80. The molecule has 0 amide bonds. The van der Waals surface area contributed by atoms with Crippen LogP contribution >= 0.6 is 0 Å². The molecule has 0 unspecified atom stereocenters. The van der Waals surface area contributed by atoms with Crippen LogP contribution in [0.5, 0.6) is 5.75 Å². The average Bonchev–Trinajstić information content (AvgIpc) is 2.15. The van der Waals surface area contributed by atoms with E-state index < -0.39 is 10.2 Å². The molecule has 0 fully saturated rings. The molecule has 0 bridgehead atoms. The molecule has 5 nitrogen and oxygen atoms in total. The van der Waals surface area contributed by atoms with E-state index in [0.29, 0.717) is 11.4 Å². The van der Waals surface area contributed by atoms with E-state index in [2.05, 4.69) is 0 Å². The van der Waals surface area contributed by atoms with Gasteiger partial charge in [-0.1, -0.05) is 6.07 Å². The molecule has 1 aromatic carbocycles. The zero-order valence-corrected chi connectivity index (χ0v) is 8.78. The van der Waals surface area contributed by atoms with Crippen LogP contribution in [0.25, 0.3) is 0 Å². The highest BCUT2D eigenvalue weighted by atomic mass is 32.2. The number of hydrogen-bond donors (Lipinski definition) is 1. The van der Waals surface area contributed by atoms with Crippen LogP contribution < -0.4 is 14.2 Å². The predicted octanol–water partition coefficient (Wildman–Crippen LogP) is 0.335. The SMILES string of the molecule is COc1cccc(N(C)S(N)(=O)=O)c1. The van der Waals surface area contributed by atoms with Crippen LogP contribution in [-0.2, 0) is 10.2 Å². The third-order valence-corrected chi connectivity index (χ3v) is 2.77. The summed E-state index contributed by atoms with van der Waals surface area (Å²) in [5, 5.41) is 4.96. The maximum atomic E-state index is 11.0. The van der Waals surface area contributed by atoms with Gasteiger partial charge in [-0.3, -0.25) is 4.31 Å². The molecule has 14 heavy (non-hydrogen) atoms. The first-order chi connectivity index (χ1) is 6.45. The first kappa shape index (κ1) is 10.8. The quantitative estimate of drug-likeness (QED) is 0.791. The second-order valence-corrected chi connectivity index (χ2v) is 4.29. The monoisotopic (exact) mass is 216 g/mol. The molecular formula is C8H12N2O3S. The molecule has 0 spiro atoms. The second kappa shape index (κ2) is 3.85. The summed E-state index contributed by atoms with van der Waals surface area (Å²) in [7, 11) is -0.814. The maximum absolute atomic E-state index is 11.0. The topological polar surface area (TPSA) is 72.6 Å². The van der Waals surface area contributed by atoms with Crippen LogP contribution in [0.1, 0.15) is 0 Å². The normalized spacial score (nSPS) is 11.1. The largest absolute Gasteiger partial charge is 0.497 e. The Balaban J connectivity index is 3.08. The van der Waals surface area contributed by atoms with Crippen molar-refractivity contribution in [2.24, 2.45) is 5.14 Å². The lowest BCUT2D eigenvalue weighted by Crippen LogP contribution is -2.33. The van der Waals surface area contributed by atoms with Crippen LogP contribution in [0.15, 0.2) is 24.3 Å². The van der Waals surface area contributed by atoms with Crippen molar-refractivity contribution in [3.05, 3.63) is 24.3 Å². The summed E-state index contributed by atoms with van der Waals surface area (Å²) in [5.41, 5.74) is 0.465. The average molecular weight is 216 g/mol. The van der Waals surface area contributed by atoms with Gasteiger partial charge in [-0.25, -0.2) is 5.14 Å². The molecule has 1 rings (SSSR count). The molecule has 0 heterocycles. The Bertz CT molecular complexity index is 416. The third kappa shape index (κ3) is 2.36. The number of nitrogens with zero attached hydrogens (tertiary/aromatic N) is 1. The van der Waals surface area contributed by atoms with Gasteiger partial charge >= 0.3 is 0 Å². The van der Waals surface area contributed by atoms with E-state index >= 15 is 0 Å². The van der Waals surface area contributed by atoms with Crippen LogP contribution in [0.4, 0.5) is 5.69 Å². The van der Waals surface area contributed by atoms with Crippen molar-refractivity contribution >= 4 is 15.9 Å². The fourth-order valence-electron chi connectivity index (χ4n) is 0.953. The van der Waals surface area contributed by atoms with Gasteiger partial charge in [-0.05, 0) is 12.1 Å². The number of methoxy groups -OCH3 is 1. The molecular weight excluding hydrogens is 204 g/mol. The minimum Gasteiger partial charge on any atom is -0.497 e. The highest BCUT2D eigenvalue weighted by molar-refractivity contribution is 7.90. The minimum atomic E-state index is -3.70. The van der Waals surface area contributed by atoms with Crippen molar-refractivity contribution in [1.29, 1.82) is 0 Å². The van der Waals surface area contributed by atoms with Gasteiger partial charge in [0.1, 0.15) is 5.75 Å². The van der Waals surface area contributed by atoms with Gasteiger partial charge in [0, 0.05) is 13.1 Å². The molecule has 0 aliphatic rings. The van der Waals surface area contributed by atoms with Gasteiger partial charge < -0.3 is 4.74 Å². The standard InChI is InChI=1S/C8H12N2O3S/c1-10(14(9,11)12)7-4-3-5-8(6-7)13-2/h3-6H,1-2H3,(H2,9,11,12). The molecule has 0 saturated heterocycles. The summed E-state index contributed by atoms with van der Waals surface area (Å²) in [6.45, 7) is 0. The summed E-state index contributed by atoms with van der Waals surface area (Å²) in [5.74, 6) is 0.581. The van der Waals surface area contributed by atoms with Gasteiger partial charge in [0.15, 0.2) is 0 Å². The summed E-state index contributed by atoms with van der Waals surface area (Å²) >= 11 is 0. The summed E-state index contributed by atoms with van der Waals surface area (Å²) in [6.07, 6.45) is 0. The van der Waals surface area contributed by atoms with E-state index in [1.807, 2.05) is 0 Å². The molecule has 0 aromatic heterocycles. The Kier molecular flexibility index (Phi) is 2.97. The maximum Gasteiger partial charge on any atom is 0.298 e. The molecule has 0 aliphatic carbocycles. The molecule has 2 N–H and O–H groups in total. The molecule has 1 aromatic rings. The fourth-order valence-corrected chi connectivity index (χ4v) is 1.36. The van der Waals surface area contributed by atoms with E-state index in [1.165, 1.54) is 14.2 Å². The lowest BCUT2D eigenvalue weighted by Gasteiger charge is -2.16. The molecule has 78 valence electrons. The summed E-state index contributed by atoms with van der Waals surface area (Å²) < 4.78 is 27.9. The van der Waals surface area contributed by atoms with Crippen molar-refractivity contribution in [3.8, 4) is 5.75 Å². The van der Waals surface area contributed by atoms with Gasteiger partial charge in [-0.2, -0.15) is 8.42 Å². The summed E-state index contributed by atoms with van der Waals surface area (Å²) in [6, 6.07) is 6.63. The van der Waals surface area contributed by atoms with Crippen molar-refractivity contribution < 1.29 is 13.2 Å². The molecule has 0 atom stereocenters. The zero-order chi connectivity index (χ0) is 10.8. The molecule has 6 heteroatoms. The Morgan fingerprint density at radius 3 is 2.57 bits per heavy atom. The van der Waals surface area contributed by atoms with Gasteiger partial charge in [0.2, 0.25) is 0 Å². The Morgan fingerprint density at radius 1 is 1.43 bits per heavy atom. The second-order valence-electron chi connectivity index (χ2n) is 2.71. The van der Waals surface area contributed by atoms with Gasteiger partial charge in [0.25, 0.3) is 10.2 Å². The van der Waals surface area contributed by atoms with Crippen molar-refractivity contribution in [2.45, 2.75) is 0 Å². The van der Waals surface area contributed by atoms with Crippen LogP contribution in [0.3, 0.4) is 0 Å². The highest BCUT2D eigenvalue weighted by Crippen LogP contribution is 2.20. The minimum absolute atomic E-state index is 0.465. The number of nitrogens with two attached hydrogens (primary N) is 1. The Labute approximate surface area is 83.3 Å². The number of benzene rings is 1. The predicted molar refractivity (Wildman–Crippen MR) is 54.5 cm³/mol. The highest BCUT2D eigenvalue weighted by Gasteiger charge is 2.12. The first-order valence-electron chi connectivity index (χ1n) is 3.86. The number of ether oxygens (including phenoxy) is 1. The summed E-state index contributed by atoms with van der Waals surface area (Å²) in [4.78, 5) is 0. The van der Waals surface area contributed by atoms with Crippen molar-refractivity contribution in [3.63, 3.8) is 0 Å². The fraction of sp³-hybridized carbons (Fsp3) is 0.250. The smallest absolute Gasteiger partial charge is 0.298 e. The van der Waals surface area contributed by atoms with Crippen molar-refractivity contribution in [1.82, 2.24) is 0 Å². The van der Waals surface area contributed by atoms with E-state index in [0.717, 1.165) is 4.31 Å². The first-order valence-corrected chi connectivity index (χ1v) is 5.36. The van der Waals surface area contributed by atoms with Crippen LogP contribution in [-0.4, -0.2) is 22.6 Å².